The molecule has 6 rings (SSSR count). The predicted octanol–water partition coefficient (Wildman–Crippen LogP) is 6.81. The lowest BCUT2D eigenvalue weighted by atomic mass is 9.99. The van der Waals surface area contributed by atoms with Gasteiger partial charge in [-0.25, -0.2) is 0 Å². The van der Waals surface area contributed by atoms with Gasteiger partial charge in [-0.3, -0.25) is 9.80 Å². The van der Waals surface area contributed by atoms with Gasteiger partial charge >= 0.3 is 0 Å². The van der Waals surface area contributed by atoms with Crippen molar-refractivity contribution in [1.82, 2.24) is 9.80 Å². The molecule has 3 aromatic carbocycles. The Kier molecular flexibility index (Phi) is 8.33. The van der Waals surface area contributed by atoms with E-state index in [9.17, 15) is 5.11 Å². The van der Waals surface area contributed by atoms with Crippen LogP contribution in [0.15, 0.2) is 66.7 Å². The van der Waals surface area contributed by atoms with Gasteiger partial charge in [0.2, 0.25) is 0 Å². The summed E-state index contributed by atoms with van der Waals surface area (Å²) in [6, 6.07) is 22.7. The van der Waals surface area contributed by atoms with Crippen LogP contribution in [0.1, 0.15) is 36.8 Å². The molecule has 6 heteroatoms. The first-order chi connectivity index (χ1) is 19.2. The Morgan fingerprint density at radius 2 is 1.26 bits per heavy atom. The number of rotatable bonds is 11. The molecular formula is C33H38N2O3S. The second-order valence-electron chi connectivity index (χ2n) is 10.7. The molecule has 0 radical (unpaired) electrons. The van der Waals surface area contributed by atoms with Gasteiger partial charge in [0, 0.05) is 22.7 Å². The Morgan fingerprint density at radius 3 is 1.85 bits per heavy atom. The molecule has 1 aromatic heterocycles. The highest BCUT2D eigenvalue weighted by molar-refractivity contribution is 7.22. The zero-order valence-corrected chi connectivity index (χ0v) is 23.4. The first-order valence-corrected chi connectivity index (χ1v) is 15.2. The maximum absolute atomic E-state index is 10.1. The number of ether oxygens (including phenoxy) is 2. The zero-order chi connectivity index (χ0) is 26.4. The maximum atomic E-state index is 10.1. The van der Waals surface area contributed by atoms with E-state index < -0.39 is 0 Å². The van der Waals surface area contributed by atoms with Crippen LogP contribution in [-0.4, -0.2) is 67.4 Å². The lowest BCUT2D eigenvalue weighted by molar-refractivity contribution is 0.237. The van der Waals surface area contributed by atoms with Crippen molar-refractivity contribution in [3.63, 3.8) is 0 Å². The van der Waals surface area contributed by atoms with Gasteiger partial charge in [-0.2, -0.15) is 0 Å². The first-order valence-electron chi connectivity index (χ1n) is 14.4. The third kappa shape index (κ3) is 6.57. The van der Waals surface area contributed by atoms with Gasteiger partial charge in [0.05, 0.1) is 0 Å². The van der Waals surface area contributed by atoms with Crippen molar-refractivity contribution < 1.29 is 14.6 Å². The van der Waals surface area contributed by atoms with E-state index in [1.807, 2.05) is 12.1 Å². The van der Waals surface area contributed by atoms with E-state index in [1.54, 1.807) is 17.4 Å². The van der Waals surface area contributed by atoms with Crippen molar-refractivity contribution in [2.75, 3.05) is 52.5 Å². The second-order valence-corrected chi connectivity index (χ2v) is 11.8. The van der Waals surface area contributed by atoms with Crippen LogP contribution in [0.2, 0.25) is 0 Å². The monoisotopic (exact) mass is 542 g/mol. The summed E-state index contributed by atoms with van der Waals surface area (Å²) in [7, 11) is 0. The van der Waals surface area contributed by atoms with Crippen LogP contribution < -0.4 is 9.47 Å². The van der Waals surface area contributed by atoms with E-state index in [-0.39, 0.29) is 0 Å². The highest BCUT2D eigenvalue weighted by Gasteiger charge is 2.16. The van der Waals surface area contributed by atoms with Crippen LogP contribution in [0.25, 0.3) is 20.5 Å². The minimum absolute atomic E-state index is 0.305. The molecule has 0 saturated carbocycles. The minimum atomic E-state index is 0.305. The number of phenolic OH excluding ortho intramolecular Hbond substituents is 1. The maximum Gasteiger partial charge on any atom is 0.119 e. The van der Waals surface area contributed by atoms with Crippen molar-refractivity contribution >= 4 is 21.4 Å². The normalized spacial score (nSPS) is 16.3. The van der Waals surface area contributed by atoms with Gasteiger partial charge in [-0.05, 0) is 135 Å². The summed E-state index contributed by atoms with van der Waals surface area (Å²) in [5, 5.41) is 11.3. The average molecular weight is 543 g/mol. The summed E-state index contributed by atoms with van der Waals surface area (Å²) in [6.07, 6.45) is 6.05. The van der Waals surface area contributed by atoms with Gasteiger partial charge < -0.3 is 14.6 Å². The third-order valence-electron chi connectivity index (χ3n) is 7.95. The van der Waals surface area contributed by atoms with E-state index >= 15 is 0 Å². The molecule has 204 valence electrons. The SMILES string of the molecule is Oc1ccc2c(Cc3ccc(OCCN4CCCC4)cc3)c(-c3ccc(OCCN4CCCC4)cc3)sc2c1. The lowest BCUT2D eigenvalue weighted by Crippen LogP contribution is -2.25. The van der Waals surface area contributed by atoms with E-state index in [2.05, 4.69) is 58.3 Å². The summed E-state index contributed by atoms with van der Waals surface area (Å²) in [5.41, 5.74) is 3.72. The Morgan fingerprint density at radius 1 is 0.692 bits per heavy atom. The van der Waals surface area contributed by atoms with Gasteiger partial charge in [0.15, 0.2) is 0 Å². The van der Waals surface area contributed by atoms with Gasteiger partial charge in [-0.1, -0.05) is 12.1 Å². The molecule has 0 bridgehead atoms. The molecule has 2 aliphatic heterocycles. The standard InChI is InChI=1S/C33H38N2O3S/c36-27-9-14-30-31(23-25-5-10-28(11-6-25)37-21-19-34-15-1-2-16-34)33(39-32(30)24-27)26-7-12-29(13-8-26)38-22-20-35-17-3-4-18-35/h5-14,24,36H,1-4,15-23H2. The summed E-state index contributed by atoms with van der Waals surface area (Å²) >= 11 is 1.74. The Hall–Kier alpha value is -3.06. The number of thiophene rings is 1. The van der Waals surface area contributed by atoms with Crippen LogP contribution in [0, 0.1) is 0 Å². The molecule has 2 saturated heterocycles. The quantitative estimate of drug-likeness (QED) is 0.225. The van der Waals surface area contributed by atoms with E-state index in [0.29, 0.717) is 5.75 Å². The number of phenols is 1. The molecule has 0 amide bonds. The number of hydrogen-bond acceptors (Lipinski definition) is 6. The second kappa shape index (κ2) is 12.4. The molecule has 0 unspecified atom stereocenters. The molecule has 4 aromatic rings. The molecule has 2 fully saturated rings. The fraction of sp³-hybridized carbons (Fsp3) is 0.394. The topological polar surface area (TPSA) is 45.2 Å². The fourth-order valence-electron chi connectivity index (χ4n) is 5.76. The Labute approximate surface area is 235 Å². The molecule has 39 heavy (non-hydrogen) atoms. The van der Waals surface area contributed by atoms with Crippen molar-refractivity contribution in [2.45, 2.75) is 32.1 Å². The minimum Gasteiger partial charge on any atom is -0.508 e. The molecule has 2 aliphatic rings. The summed E-state index contributed by atoms with van der Waals surface area (Å²) < 4.78 is 13.2. The summed E-state index contributed by atoms with van der Waals surface area (Å²) in [4.78, 5) is 6.19. The number of nitrogens with zero attached hydrogens (tertiary/aromatic N) is 2. The van der Waals surface area contributed by atoms with Crippen LogP contribution in [0.5, 0.6) is 17.2 Å². The number of likely N-dealkylation sites (tertiary alicyclic amines) is 2. The molecular weight excluding hydrogens is 504 g/mol. The molecule has 1 N–H and O–H groups in total. The van der Waals surface area contributed by atoms with Crippen LogP contribution >= 0.6 is 11.3 Å². The van der Waals surface area contributed by atoms with Crippen molar-refractivity contribution in [3.05, 3.63) is 77.9 Å². The van der Waals surface area contributed by atoms with E-state index in [1.165, 1.54) is 78.8 Å². The molecule has 5 nitrogen and oxygen atoms in total. The third-order valence-corrected chi connectivity index (χ3v) is 9.19. The Balaban J connectivity index is 1.15. The molecule has 0 spiro atoms. The van der Waals surface area contributed by atoms with E-state index in [4.69, 9.17) is 9.47 Å². The summed E-state index contributed by atoms with van der Waals surface area (Å²) in [6.45, 7) is 8.25. The van der Waals surface area contributed by atoms with Crippen molar-refractivity contribution in [3.8, 4) is 27.7 Å². The number of fused-ring (bicyclic) bond motifs is 1. The number of benzene rings is 3. The van der Waals surface area contributed by atoms with Gasteiger partial charge in [0.25, 0.3) is 0 Å². The van der Waals surface area contributed by atoms with E-state index in [0.717, 1.165) is 48.9 Å². The Bertz CT molecular complexity index is 1350. The largest absolute Gasteiger partial charge is 0.508 e. The number of hydrogen-bond donors (Lipinski definition) is 1. The predicted molar refractivity (Wildman–Crippen MR) is 161 cm³/mol. The molecule has 3 heterocycles. The van der Waals surface area contributed by atoms with Crippen LogP contribution in [-0.2, 0) is 6.42 Å². The number of aromatic hydroxyl groups is 1. The highest BCUT2D eigenvalue weighted by atomic mass is 32.1. The first kappa shape index (κ1) is 26.2. The van der Waals surface area contributed by atoms with Crippen molar-refractivity contribution in [2.24, 2.45) is 0 Å². The van der Waals surface area contributed by atoms with Crippen LogP contribution in [0.3, 0.4) is 0 Å². The molecule has 0 atom stereocenters. The molecule has 0 aliphatic carbocycles. The average Bonchev–Trinajstić information content (AvgIpc) is 3.73. The van der Waals surface area contributed by atoms with Gasteiger partial charge in [0.1, 0.15) is 30.5 Å². The highest BCUT2D eigenvalue weighted by Crippen LogP contribution is 2.41. The van der Waals surface area contributed by atoms with Gasteiger partial charge in [-0.15, -0.1) is 11.3 Å². The lowest BCUT2D eigenvalue weighted by Gasteiger charge is -2.15. The van der Waals surface area contributed by atoms with Crippen molar-refractivity contribution in [1.29, 1.82) is 0 Å². The smallest absolute Gasteiger partial charge is 0.119 e. The summed E-state index contributed by atoms with van der Waals surface area (Å²) in [5.74, 6) is 2.15. The van der Waals surface area contributed by atoms with Crippen LogP contribution in [0.4, 0.5) is 0 Å². The fourth-order valence-corrected chi connectivity index (χ4v) is 7.02. The zero-order valence-electron chi connectivity index (χ0n) is 22.6.